The zero-order valence-electron chi connectivity index (χ0n) is 13.0. The van der Waals surface area contributed by atoms with E-state index in [0.29, 0.717) is 6.54 Å². The smallest absolute Gasteiger partial charge is 0.253 e. The van der Waals surface area contributed by atoms with E-state index >= 15 is 0 Å². The van der Waals surface area contributed by atoms with Gasteiger partial charge in [-0.1, -0.05) is 19.1 Å². The third-order valence-corrected chi connectivity index (χ3v) is 4.16. The molecule has 0 saturated heterocycles. The van der Waals surface area contributed by atoms with Gasteiger partial charge in [0.2, 0.25) is 0 Å². The Labute approximate surface area is 127 Å². The summed E-state index contributed by atoms with van der Waals surface area (Å²) in [5.41, 5.74) is 7.38. The first-order valence-corrected chi connectivity index (χ1v) is 7.84. The molecule has 0 radical (unpaired) electrons. The monoisotopic (exact) mass is 290 g/mol. The van der Waals surface area contributed by atoms with Gasteiger partial charge in [-0.3, -0.25) is 4.79 Å². The highest BCUT2D eigenvalue weighted by Crippen LogP contribution is 2.26. The molecule has 21 heavy (non-hydrogen) atoms. The summed E-state index contributed by atoms with van der Waals surface area (Å²) in [4.78, 5) is 12.2. The fourth-order valence-corrected chi connectivity index (χ4v) is 2.74. The van der Waals surface area contributed by atoms with Crippen molar-refractivity contribution < 1.29 is 9.53 Å². The van der Waals surface area contributed by atoms with Crippen molar-refractivity contribution >= 4 is 11.6 Å². The second kappa shape index (κ2) is 7.57. The highest BCUT2D eigenvalue weighted by atomic mass is 16.5. The minimum Gasteiger partial charge on any atom is -0.365 e. The number of anilines is 1. The molecule has 1 aromatic rings. The van der Waals surface area contributed by atoms with E-state index < -0.39 is 6.10 Å². The lowest BCUT2D eigenvalue weighted by Crippen LogP contribution is -2.33. The Morgan fingerprint density at radius 3 is 2.76 bits per heavy atom. The van der Waals surface area contributed by atoms with Gasteiger partial charge in [0.05, 0.1) is 6.10 Å². The minimum atomic E-state index is -0.426. The summed E-state index contributed by atoms with van der Waals surface area (Å²) in [5, 5.41) is 2.90. The number of carbonyl (C=O) groups excluding carboxylic acids is 1. The topological polar surface area (TPSA) is 64.3 Å². The van der Waals surface area contributed by atoms with E-state index in [0.717, 1.165) is 30.0 Å². The minimum absolute atomic E-state index is 0.0946. The first-order chi connectivity index (χ1) is 10.1. The van der Waals surface area contributed by atoms with Crippen LogP contribution in [0.2, 0.25) is 0 Å². The maximum atomic E-state index is 12.2. The zero-order valence-corrected chi connectivity index (χ0v) is 13.0. The summed E-state index contributed by atoms with van der Waals surface area (Å²) in [5.74, 6) is 0.691. The van der Waals surface area contributed by atoms with Crippen LogP contribution in [0.25, 0.3) is 0 Å². The van der Waals surface area contributed by atoms with Gasteiger partial charge < -0.3 is 15.8 Å². The molecule has 1 atom stereocenters. The van der Waals surface area contributed by atoms with Crippen molar-refractivity contribution in [3.63, 3.8) is 0 Å². The Morgan fingerprint density at radius 1 is 1.38 bits per heavy atom. The number of hydrogen-bond acceptors (Lipinski definition) is 3. The van der Waals surface area contributed by atoms with E-state index in [4.69, 9.17) is 10.5 Å². The number of benzene rings is 1. The molecule has 1 amide bonds. The molecule has 4 heteroatoms. The summed E-state index contributed by atoms with van der Waals surface area (Å²) in [6.07, 6.45) is 4.29. The third kappa shape index (κ3) is 4.83. The van der Waals surface area contributed by atoms with Crippen LogP contribution in [0.4, 0.5) is 5.69 Å². The average Bonchev–Trinajstić information content (AvgIpc) is 2.49. The Balaban J connectivity index is 1.84. The Kier molecular flexibility index (Phi) is 5.76. The Hall–Kier alpha value is -1.39. The quantitative estimate of drug-likeness (QED) is 0.876. The van der Waals surface area contributed by atoms with Crippen molar-refractivity contribution in [2.45, 2.75) is 58.3 Å². The van der Waals surface area contributed by atoms with E-state index in [1.54, 1.807) is 0 Å². The van der Waals surface area contributed by atoms with Gasteiger partial charge >= 0.3 is 0 Å². The molecule has 0 aliphatic heterocycles. The normalized spacial score (nSPS) is 23.6. The fraction of sp³-hybridized carbons (Fsp3) is 0.588. The highest BCUT2D eigenvalue weighted by Gasteiger charge is 2.23. The number of carbonyl (C=O) groups is 1. The van der Waals surface area contributed by atoms with Crippen LogP contribution < -0.4 is 11.1 Å². The predicted molar refractivity (Wildman–Crippen MR) is 84.9 cm³/mol. The summed E-state index contributed by atoms with van der Waals surface area (Å²) in [6.45, 7) is 4.56. The molecule has 0 aromatic heterocycles. The van der Waals surface area contributed by atoms with Crippen molar-refractivity contribution in [3.05, 3.63) is 29.8 Å². The number of ether oxygens (including phenoxy) is 1. The van der Waals surface area contributed by atoms with Crippen LogP contribution in [0.15, 0.2) is 24.3 Å². The zero-order chi connectivity index (χ0) is 15.2. The van der Waals surface area contributed by atoms with Crippen LogP contribution in [-0.4, -0.2) is 18.1 Å². The van der Waals surface area contributed by atoms with Crippen LogP contribution in [0.1, 0.15) is 45.1 Å². The van der Waals surface area contributed by atoms with Gasteiger partial charge in [0.1, 0.15) is 6.10 Å². The van der Waals surface area contributed by atoms with E-state index in [-0.39, 0.29) is 12.0 Å². The van der Waals surface area contributed by atoms with Crippen LogP contribution in [0.5, 0.6) is 0 Å². The number of rotatable bonds is 5. The molecule has 4 nitrogen and oxygen atoms in total. The highest BCUT2D eigenvalue weighted by molar-refractivity contribution is 5.93. The fourth-order valence-electron chi connectivity index (χ4n) is 2.74. The molecule has 116 valence electrons. The maximum Gasteiger partial charge on any atom is 0.253 e. The summed E-state index contributed by atoms with van der Waals surface area (Å²) < 4.78 is 5.89. The molecule has 2 rings (SSSR count). The van der Waals surface area contributed by atoms with Gasteiger partial charge in [0, 0.05) is 12.2 Å². The van der Waals surface area contributed by atoms with Gasteiger partial charge in [-0.2, -0.15) is 0 Å². The van der Waals surface area contributed by atoms with Crippen LogP contribution in [0.3, 0.4) is 0 Å². The van der Waals surface area contributed by atoms with Crippen molar-refractivity contribution in [1.29, 1.82) is 0 Å². The maximum absolute atomic E-state index is 12.2. The molecule has 3 N–H and O–H groups in total. The average molecular weight is 290 g/mol. The lowest BCUT2D eigenvalue weighted by Gasteiger charge is -2.28. The first-order valence-electron chi connectivity index (χ1n) is 7.84. The molecule has 1 aromatic carbocycles. The van der Waals surface area contributed by atoms with E-state index in [1.807, 2.05) is 31.2 Å². The lowest BCUT2D eigenvalue weighted by molar-refractivity contribution is -0.131. The SMILES string of the molecule is CC1CCC(OC(C)C(=O)Nc2cccc(CN)c2)CC1. The van der Waals surface area contributed by atoms with Gasteiger partial charge in [0.25, 0.3) is 5.91 Å². The summed E-state index contributed by atoms with van der Waals surface area (Å²) in [7, 11) is 0. The number of hydrogen-bond donors (Lipinski definition) is 2. The van der Waals surface area contributed by atoms with Gasteiger partial charge in [-0.25, -0.2) is 0 Å². The molecule has 1 unspecified atom stereocenters. The van der Waals surface area contributed by atoms with Crippen molar-refractivity contribution in [2.24, 2.45) is 11.7 Å². The van der Waals surface area contributed by atoms with E-state index in [9.17, 15) is 4.79 Å². The van der Waals surface area contributed by atoms with Crippen LogP contribution in [0, 0.1) is 5.92 Å². The summed E-state index contributed by atoms with van der Waals surface area (Å²) in [6, 6.07) is 7.60. The second-order valence-electron chi connectivity index (χ2n) is 6.05. The van der Waals surface area contributed by atoms with Gasteiger partial charge in [-0.05, 0) is 56.2 Å². The van der Waals surface area contributed by atoms with Crippen LogP contribution >= 0.6 is 0 Å². The lowest BCUT2D eigenvalue weighted by atomic mass is 9.89. The van der Waals surface area contributed by atoms with Crippen LogP contribution in [-0.2, 0) is 16.1 Å². The van der Waals surface area contributed by atoms with Crippen molar-refractivity contribution in [2.75, 3.05) is 5.32 Å². The molecule has 1 aliphatic carbocycles. The predicted octanol–water partition coefficient (Wildman–Crippen LogP) is 3.07. The Morgan fingerprint density at radius 2 is 2.10 bits per heavy atom. The Bertz CT molecular complexity index is 468. The molecule has 0 heterocycles. The number of amides is 1. The third-order valence-electron chi connectivity index (χ3n) is 4.16. The van der Waals surface area contributed by atoms with Crippen molar-refractivity contribution in [3.8, 4) is 0 Å². The molecule has 1 fully saturated rings. The second-order valence-corrected chi connectivity index (χ2v) is 6.05. The molecule has 1 saturated carbocycles. The molecular formula is C17H26N2O2. The summed E-state index contributed by atoms with van der Waals surface area (Å²) >= 11 is 0. The molecular weight excluding hydrogens is 264 g/mol. The standard InChI is InChI=1S/C17H26N2O2/c1-12-6-8-16(9-7-12)21-13(2)17(20)19-15-5-3-4-14(10-15)11-18/h3-5,10,12-13,16H,6-9,11,18H2,1-2H3,(H,19,20). The van der Waals surface area contributed by atoms with Gasteiger partial charge in [-0.15, -0.1) is 0 Å². The first kappa shape index (κ1) is 16.0. The largest absolute Gasteiger partial charge is 0.365 e. The number of nitrogens with two attached hydrogens (primary N) is 1. The van der Waals surface area contributed by atoms with Gasteiger partial charge in [0.15, 0.2) is 0 Å². The molecule has 1 aliphatic rings. The molecule has 0 spiro atoms. The van der Waals surface area contributed by atoms with Crippen molar-refractivity contribution in [1.82, 2.24) is 0 Å². The van der Waals surface area contributed by atoms with E-state index in [2.05, 4.69) is 12.2 Å². The van der Waals surface area contributed by atoms with E-state index in [1.165, 1.54) is 12.8 Å². The molecule has 0 bridgehead atoms. The number of nitrogens with one attached hydrogen (secondary N) is 1.